The molecule has 3 aliphatic rings. The Balaban J connectivity index is 1.59. The number of ether oxygens (including phenoxy) is 2. The van der Waals surface area contributed by atoms with E-state index in [1.165, 1.54) is 4.90 Å². The maximum absolute atomic E-state index is 14.1. The van der Waals surface area contributed by atoms with Crippen molar-refractivity contribution in [1.29, 1.82) is 0 Å². The van der Waals surface area contributed by atoms with Gasteiger partial charge in [-0.05, 0) is 31.2 Å². The fourth-order valence-electron chi connectivity index (χ4n) is 6.90. The number of unbranched alkanes of at least 4 members (excludes halogenated alkanes) is 2. The zero-order chi connectivity index (χ0) is 31.0. The summed E-state index contributed by atoms with van der Waals surface area (Å²) in [6, 6.07) is 7.64. The fourth-order valence-corrected chi connectivity index (χ4v) is 6.90. The van der Waals surface area contributed by atoms with Crippen LogP contribution in [0.4, 0.5) is 0 Å². The largest absolute Gasteiger partial charge is 0.463 e. The Morgan fingerprint density at radius 3 is 2.67 bits per heavy atom. The van der Waals surface area contributed by atoms with Crippen LogP contribution in [0.1, 0.15) is 63.5 Å². The van der Waals surface area contributed by atoms with Gasteiger partial charge in [-0.25, -0.2) is 0 Å². The Morgan fingerprint density at radius 2 is 2.00 bits per heavy atom. The molecule has 234 valence electrons. The third-order valence-electron chi connectivity index (χ3n) is 8.85. The average Bonchev–Trinajstić information content (AvgIpc) is 3.65. The Morgan fingerprint density at radius 1 is 1.23 bits per heavy atom. The number of nitrogens with zero attached hydrogens (tertiary/aromatic N) is 2. The Labute approximate surface area is 254 Å². The van der Waals surface area contributed by atoms with Crippen molar-refractivity contribution in [3.63, 3.8) is 0 Å². The molecule has 10 nitrogen and oxygen atoms in total. The van der Waals surface area contributed by atoms with E-state index in [1.54, 1.807) is 17.1 Å². The zero-order valence-corrected chi connectivity index (χ0v) is 25.1. The summed E-state index contributed by atoms with van der Waals surface area (Å²) in [5.41, 5.74) is -0.398. The van der Waals surface area contributed by atoms with E-state index in [0.717, 1.165) is 24.8 Å². The van der Waals surface area contributed by atoms with Crippen molar-refractivity contribution in [2.24, 2.45) is 11.8 Å². The molecular weight excluding hydrogens is 550 g/mol. The van der Waals surface area contributed by atoms with Gasteiger partial charge in [0.25, 0.3) is 0 Å². The normalized spacial score (nSPS) is 26.1. The molecule has 1 aromatic carbocycles. The predicted octanol–water partition coefficient (Wildman–Crippen LogP) is 2.93. The third-order valence-corrected chi connectivity index (χ3v) is 8.85. The second kappa shape index (κ2) is 14.8. The van der Waals surface area contributed by atoms with E-state index in [1.807, 2.05) is 30.3 Å². The summed E-state index contributed by atoms with van der Waals surface area (Å²) in [5.74, 6) is -3.06. The molecule has 3 saturated heterocycles. The molecule has 4 rings (SSSR count). The number of rotatable bonds is 17. The molecule has 10 heteroatoms. The van der Waals surface area contributed by atoms with Crippen molar-refractivity contribution < 1.29 is 33.8 Å². The molecule has 0 radical (unpaired) electrons. The van der Waals surface area contributed by atoms with Gasteiger partial charge >= 0.3 is 5.97 Å². The molecule has 3 aliphatic heterocycles. The number of esters is 1. The molecule has 0 aliphatic carbocycles. The molecule has 3 fully saturated rings. The van der Waals surface area contributed by atoms with Crippen molar-refractivity contribution in [1.82, 2.24) is 15.1 Å². The van der Waals surface area contributed by atoms with Crippen molar-refractivity contribution in [3.05, 3.63) is 61.2 Å². The number of fused-ring (bicyclic) bond motifs is 1. The summed E-state index contributed by atoms with van der Waals surface area (Å²) in [5, 5.41) is 12.9. The van der Waals surface area contributed by atoms with Crippen molar-refractivity contribution in [3.8, 4) is 0 Å². The first-order chi connectivity index (χ1) is 20.8. The molecule has 3 amide bonds. The van der Waals surface area contributed by atoms with Gasteiger partial charge in [0.1, 0.15) is 18.2 Å². The lowest BCUT2D eigenvalue weighted by molar-refractivity contribution is -0.148. The summed E-state index contributed by atoms with van der Waals surface area (Å²) in [6.07, 6.45) is 7.24. The molecule has 6 atom stereocenters. The summed E-state index contributed by atoms with van der Waals surface area (Å²) in [7, 11) is 0. The van der Waals surface area contributed by atoms with Crippen LogP contribution >= 0.6 is 0 Å². The molecule has 0 unspecified atom stereocenters. The molecule has 0 saturated carbocycles. The minimum Gasteiger partial charge on any atom is -0.463 e. The van der Waals surface area contributed by atoms with E-state index in [9.17, 15) is 24.3 Å². The second-order valence-electron chi connectivity index (χ2n) is 11.6. The number of benzene rings is 1. The van der Waals surface area contributed by atoms with Crippen molar-refractivity contribution in [2.45, 2.75) is 75.7 Å². The molecule has 1 spiro atoms. The minimum absolute atomic E-state index is 0.0277. The predicted molar refractivity (Wildman–Crippen MR) is 160 cm³/mol. The van der Waals surface area contributed by atoms with Gasteiger partial charge in [-0.1, -0.05) is 62.2 Å². The lowest BCUT2D eigenvalue weighted by atomic mass is 9.70. The lowest BCUT2D eigenvalue weighted by Crippen LogP contribution is -2.56. The lowest BCUT2D eigenvalue weighted by Gasteiger charge is -2.36. The van der Waals surface area contributed by atoms with E-state index in [4.69, 9.17) is 9.47 Å². The first kappa shape index (κ1) is 32.4. The van der Waals surface area contributed by atoms with Gasteiger partial charge in [-0.2, -0.15) is 0 Å². The molecule has 3 heterocycles. The number of likely N-dealkylation sites (tertiary alicyclic amines) is 1. The Bertz CT molecular complexity index is 1170. The van der Waals surface area contributed by atoms with Crippen LogP contribution in [0.2, 0.25) is 0 Å². The molecule has 2 N–H and O–H groups in total. The fraction of sp³-hybridized carbons (Fsp3) is 0.576. The highest BCUT2D eigenvalue weighted by atomic mass is 16.5. The van der Waals surface area contributed by atoms with Gasteiger partial charge in [0.15, 0.2) is 0 Å². The molecule has 0 aromatic heterocycles. The number of aliphatic hydroxyl groups excluding tert-OH is 1. The molecule has 1 aromatic rings. The highest BCUT2D eigenvalue weighted by Gasteiger charge is 2.74. The highest BCUT2D eigenvalue weighted by molar-refractivity contribution is 5.99. The smallest absolute Gasteiger partial charge is 0.306 e. The Kier molecular flexibility index (Phi) is 11.2. The van der Waals surface area contributed by atoms with Crippen LogP contribution in [0, 0.1) is 11.8 Å². The van der Waals surface area contributed by atoms with Crippen molar-refractivity contribution in [2.75, 3.05) is 32.8 Å². The summed E-state index contributed by atoms with van der Waals surface area (Å²) in [4.78, 5) is 57.5. The van der Waals surface area contributed by atoms with Gasteiger partial charge < -0.3 is 29.7 Å². The first-order valence-electron chi connectivity index (χ1n) is 15.4. The highest BCUT2D eigenvalue weighted by Crippen LogP contribution is 2.58. The van der Waals surface area contributed by atoms with Crippen LogP contribution in [0.5, 0.6) is 0 Å². The van der Waals surface area contributed by atoms with Crippen LogP contribution < -0.4 is 5.32 Å². The Hall–Kier alpha value is -3.50. The van der Waals surface area contributed by atoms with Crippen LogP contribution in [-0.4, -0.2) is 89.2 Å². The molecule has 43 heavy (non-hydrogen) atoms. The number of carbonyl (C=O) groups is 4. The maximum Gasteiger partial charge on any atom is 0.306 e. The topological polar surface area (TPSA) is 125 Å². The minimum atomic E-state index is -1.15. The van der Waals surface area contributed by atoms with Crippen LogP contribution in [0.3, 0.4) is 0 Å². The van der Waals surface area contributed by atoms with E-state index < -0.39 is 41.6 Å². The average molecular weight is 596 g/mol. The van der Waals surface area contributed by atoms with Gasteiger partial charge in [-0.3, -0.25) is 19.2 Å². The number of nitrogens with one attached hydrogen (secondary N) is 1. The summed E-state index contributed by atoms with van der Waals surface area (Å²) in [6.45, 7) is 9.97. The number of β-amino-alcohol motifs (C(OH)–C–C–N with tert-alkyl or cyclic N) is 1. The third kappa shape index (κ3) is 6.70. The van der Waals surface area contributed by atoms with E-state index in [2.05, 4.69) is 25.4 Å². The summed E-state index contributed by atoms with van der Waals surface area (Å²) >= 11 is 0. The van der Waals surface area contributed by atoms with E-state index in [0.29, 0.717) is 32.4 Å². The standard InChI is InChI=1S/C33H45N3O7/c1-4-7-12-19-35(18-6-3)32(41)29-33-17-16-25(43-33)27(28(33)31(40)36(29)20-21-37)30(39)34-24(23-13-10-9-11-14-23)22-42-26(38)15-8-5-2/h5-6,9-11,13-14,24-25,27-29,37H,2-4,7-8,12,15-22H2,1H3,(H,34,39)/t24-,25-,27+,28+,29-,33+/m0/s1. The van der Waals surface area contributed by atoms with Crippen LogP contribution in [0.15, 0.2) is 55.6 Å². The number of hydrogen-bond acceptors (Lipinski definition) is 7. The van der Waals surface area contributed by atoms with Gasteiger partial charge in [0.2, 0.25) is 17.7 Å². The van der Waals surface area contributed by atoms with Gasteiger partial charge in [0, 0.05) is 26.1 Å². The maximum atomic E-state index is 14.1. The second-order valence-corrected chi connectivity index (χ2v) is 11.6. The van der Waals surface area contributed by atoms with Crippen molar-refractivity contribution >= 4 is 23.7 Å². The van der Waals surface area contributed by atoms with Crippen LogP contribution in [-0.2, 0) is 28.7 Å². The van der Waals surface area contributed by atoms with Gasteiger partial charge in [-0.15, -0.1) is 13.2 Å². The summed E-state index contributed by atoms with van der Waals surface area (Å²) < 4.78 is 12.0. The number of aliphatic hydroxyl groups is 1. The first-order valence-corrected chi connectivity index (χ1v) is 15.4. The number of carbonyl (C=O) groups excluding carboxylic acids is 4. The van der Waals surface area contributed by atoms with Crippen LogP contribution in [0.25, 0.3) is 0 Å². The monoisotopic (exact) mass is 595 g/mol. The van der Waals surface area contributed by atoms with E-state index in [-0.39, 0.29) is 43.9 Å². The SMILES string of the molecule is C=CCCC(=O)OC[C@H](NC(=O)[C@@H]1[C@@H]2CC[C@]3(O2)[C@H](C(=O)N(CC=C)CCCCC)N(CCO)C(=O)[C@@H]13)c1ccccc1. The quantitative estimate of drug-likeness (QED) is 0.161. The number of hydrogen-bond donors (Lipinski definition) is 2. The molecular formula is C33H45N3O7. The molecule has 2 bridgehead atoms. The number of allylic oxidation sites excluding steroid dienone is 1. The number of amides is 3. The van der Waals surface area contributed by atoms with E-state index >= 15 is 0 Å². The zero-order valence-electron chi connectivity index (χ0n) is 25.1. The van der Waals surface area contributed by atoms with Gasteiger partial charge in [0.05, 0.1) is 30.6 Å².